The molecule has 0 aromatic rings. The van der Waals surface area contributed by atoms with Gasteiger partial charge in [0.15, 0.2) is 0 Å². The zero-order chi connectivity index (χ0) is 9.26. The van der Waals surface area contributed by atoms with E-state index in [1.165, 1.54) is 0 Å². The van der Waals surface area contributed by atoms with Crippen molar-refractivity contribution in [3.05, 3.63) is 23.9 Å². The van der Waals surface area contributed by atoms with Crippen LogP contribution in [0.4, 0.5) is 0 Å². The molecule has 0 bridgehead atoms. The first kappa shape index (κ1) is 8.31. The lowest BCUT2D eigenvalue weighted by molar-refractivity contribution is -0.120. The number of amides is 1. The van der Waals surface area contributed by atoms with E-state index in [1.807, 2.05) is 12.2 Å². The molecule has 0 aromatic heterocycles. The standard InChI is InChI=1S/C9H13N3O/c10-9(13)8-6-4-2-1-3-5-7(6)11-12-8/h1,3,5-6,8,11-12H,2,4H2,(H2,10,13). The molecule has 4 N–H and O–H groups in total. The van der Waals surface area contributed by atoms with Gasteiger partial charge in [0, 0.05) is 11.6 Å². The third-order valence-electron chi connectivity index (χ3n) is 2.54. The van der Waals surface area contributed by atoms with E-state index < -0.39 is 0 Å². The maximum Gasteiger partial charge on any atom is 0.237 e. The summed E-state index contributed by atoms with van der Waals surface area (Å²) in [5.74, 6) is -0.0738. The Labute approximate surface area is 76.8 Å². The molecule has 0 aromatic carbocycles. The van der Waals surface area contributed by atoms with Gasteiger partial charge < -0.3 is 11.2 Å². The van der Waals surface area contributed by atoms with Gasteiger partial charge in [0.25, 0.3) is 0 Å². The van der Waals surface area contributed by atoms with Crippen LogP contribution in [0.5, 0.6) is 0 Å². The number of primary amides is 1. The summed E-state index contributed by atoms with van der Waals surface area (Å²) in [6.07, 6.45) is 8.07. The Balaban J connectivity index is 2.19. The number of hydrogen-bond donors (Lipinski definition) is 3. The highest BCUT2D eigenvalue weighted by molar-refractivity contribution is 5.81. The molecule has 2 atom stereocenters. The number of carbonyl (C=O) groups is 1. The summed E-state index contributed by atoms with van der Waals surface area (Å²) in [7, 11) is 0. The predicted molar refractivity (Wildman–Crippen MR) is 49.2 cm³/mol. The van der Waals surface area contributed by atoms with Crippen molar-refractivity contribution in [3.8, 4) is 0 Å². The van der Waals surface area contributed by atoms with E-state index in [-0.39, 0.29) is 17.9 Å². The molecule has 1 aliphatic carbocycles. The van der Waals surface area contributed by atoms with Gasteiger partial charge in [-0.1, -0.05) is 12.2 Å². The van der Waals surface area contributed by atoms with Crippen LogP contribution in [0.25, 0.3) is 0 Å². The maximum absolute atomic E-state index is 11.0. The average molecular weight is 179 g/mol. The fraction of sp³-hybridized carbons (Fsp3) is 0.444. The number of rotatable bonds is 1. The fourth-order valence-electron chi connectivity index (χ4n) is 1.83. The third-order valence-corrected chi connectivity index (χ3v) is 2.54. The Morgan fingerprint density at radius 3 is 3.23 bits per heavy atom. The van der Waals surface area contributed by atoms with E-state index in [1.54, 1.807) is 0 Å². The first-order valence-electron chi connectivity index (χ1n) is 4.46. The van der Waals surface area contributed by atoms with Gasteiger partial charge in [-0.25, -0.2) is 5.43 Å². The molecular formula is C9H13N3O. The van der Waals surface area contributed by atoms with Gasteiger partial charge in [-0.2, -0.15) is 0 Å². The van der Waals surface area contributed by atoms with Gasteiger partial charge in [-0.05, 0) is 18.9 Å². The number of nitrogens with one attached hydrogen (secondary N) is 2. The molecule has 4 heteroatoms. The molecule has 4 nitrogen and oxygen atoms in total. The van der Waals surface area contributed by atoms with Gasteiger partial charge in [-0.15, -0.1) is 0 Å². The second-order valence-corrected chi connectivity index (χ2v) is 3.38. The summed E-state index contributed by atoms with van der Waals surface area (Å²) in [6, 6.07) is -0.258. The van der Waals surface area contributed by atoms with Crippen LogP contribution in [-0.4, -0.2) is 11.9 Å². The highest BCUT2D eigenvalue weighted by Gasteiger charge is 2.34. The molecule has 1 heterocycles. The highest BCUT2D eigenvalue weighted by atomic mass is 16.1. The van der Waals surface area contributed by atoms with Crippen molar-refractivity contribution in [3.63, 3.8) is 0 Å². The molecule has 70 valence electrons. The van der Waals surface area contributed by atoms with E-state index in [9.17, 15) is 4.79 Å². The smallest absolute Gasteiger partial charge is 0.237 e. The lowest BCUT2D eigenvalue weighted by Crippen LogP contribution is -2.42. The van der Waals surface area contributed by atoms with Crippen molar-refractivity contribution in [1.82, 2.24) is 10.9 Å². The minimum absolute atomic E-state index is 0.215. The summed E-state index contributed by atoms with van der Waals surface area (Å²) in [6.45, 7) is 0. The van der Waals surface area contributed by atoms with Crippen LogP contribution in [0.1, 0.15) is 12.8 Å². The van der Waals surface area contributed by atoms with Crippen molar-refractivity contribution in [1.29, 1.82) is 0 Å². The summed E-state index contributed by atoms with van der Waals surface area (Å²) in [5.41, 5.74) is 12.2. The number of nitrogens with two attached hydrogens (primary N) is 1. The van der Waals surface area contributed by atoms with Crippen LogP contribution in [0.15, 0.2) is 23.9 Å². The van der Waals surface area contributed by atoms with Crippen LogP contribution >= 0.6 is 0 Å². The second-order valence-electron chi connectivity index (χ2n) is 3.38. The number of hydrogen-bond acceptors (Lipinski definition) is 3. The van der Waals surface area contributed by atoms with E-state index in [2.05, 4.69) is 16.9 Å². The van der Waals surface area contributed by atoms with Crippen molar-refractivity contribution >= 4 is 5.91 Å². The minimum atomic E-state index is -0.289. The van der Waals surface area contributed by atoms with Crippen molar-refractivity contribution in [2.75, 3.05) is 0 Å². The van der Waals surface area contributed by atoms with Crippen molar-refractivity contribution in [2.24, 2.45) is 11.7 Å². The summed E-state index contributed by atoms with van der Waals surface area (Å²) in [4.78, 5) is 11.0. The topological polar surface area (TPSA) is 67.2 Å². The summed E-state index contributed by atoms with van der Waals surface area (Å²) in [5, 5.41) is 0. The Morgan fingerprint density at radius 2 is 2.46 bits per heavy atom. The Kier molecular flexibility index (Phi) is 2.06. The van der Waals surface area contributed by atoms with Gasteiger partial charge in [0.2, 0.25) is 5.91 Å². The lowest BCUT2D eigenvalue weighted by Gasteiger charge is -2.13. The monoisotopic (exact) mass is 179 g/mol. The van der Waals surface area contributed by atoms with Gasteiger partial charge in [0.05, 0.1) is 0 Å². The quantitative estimate of drug-likeness (QED) is 0.522. The average Bonchev–Trinajstić information content (AvgIpc) is 2.36. The van der Waals surface area contributed by atoms with Crippen LogP contribution in [0, 0.1) is 5.92 Å². The zero-order valence-corrected chi connectivity index (χ0v) is 7.29. The second kappa shape index (κ2) is 3.22. The molecule has 1 fully saturated rings. The van der Waals surface area contributed by atoms with E-state index in [4.69, 9.17) is 5.73 Å². The van der Waals surface area contributed by atoms with Gasteiger partial charge in [-0.3, -0.25) is 4.79 Å². The molecule has 2 aliphatic rings. The highest BCUT2D eigenvalue weighted by Crippen LogP contribution is 2.25. The predicted octanol–water partition coefficient (Wildman–Crippen LogP) is -0.202. The fourth-order valence-corrected chi connectivity index (χ4v) is 1.83. The molecule has 2 unspecified atom stereocenters. The Morgan fingerprint density at radius 1 is 1.62 bits per heavy atom. The maximum atomic E-state index is 11.0. The molecule has 1 amide bonds. The van der Waals surface area contributed by atoms with Crippen LogP contribution in [0.3, 0.4) is 0 Å². The molecule has 0 spiro atoms. The molecule has 1 aliphatic heterocycles. The number of fused-ring (bicyclic) bond motifs is 1. The molecular weight excluding hydrogens is 166 g/mol. The summed E-state index contributed by atoms with van der Waals surface area (Å²) >= 11 is 0. The SMILES string of the molecule is NC(=O)C1NNC2=CC=CCCC21. The summed E-state index contributed by atoms with van der Waals surface area (Å²) < 4.78 is 0. The molecule has 0 saturated carbocycles. The van der Waals surface area contributed by atoms with Crippen LogP contribution < -0.4 is 16.6 Å². The van der Waals surface area contributed by atoms with E-state index in [0.717, 1.165) is 18.5 Å². The number of carbonyl (C=O) groups excluding carboxylic acids is 1. The first-order chi connectivity index (χ1) is 6.29. The number of hydrazine groups is 1. The molecule has 2 rings (SSSR count). The van der Waals surface area contributed by atoms with E-state index in [0.29, 0.717) is 0 Å². The van der Waals surface area contributed by atoms with Crippen molar-refractivity contribution < 1.29 is 4.79 Å². The molecule has 0 radical (unpaired) electrons. The Hall–Kier alpha value is -1.29. The van der Waals surface area contributed by atoms with Gasteiger partial charge >= 0.3 is 0 Å². The van der Waals surface area contributed by atoms with Crippen LogP contribution in [-0.2, 0) is 4.79 Å². The zero-order valence-electron chi connectivity index (χ0n) is 7.29. The minimum Gasteiger partial charge on any atom is -0.368 e. The first-order valence-corrected chi connectivity index (χ1v) is 4.46. The molecule has 13 heavy (non-hydrogen) atoms. The normalized spacial score (nSPS) is 31.5. The third kappa shape index (κ3) is 1.45. The molecule has 1 saturated heterocycles. The lowest BCUT2D eigenvalue weighted by atomic mass is 9.94. The largest absolute Gasteiger partial charge is 0.368 e. The number of allylic oxidation sites excluding steroid dienone is 3. The van der Waals surface area contributed by atoms with Gasteiger partial charge in [0.1, 0.15) is 6.04 Å². The Bertz CT molecular complexity index is 283. The van der Waals surface area contributed by atoms with Crippen LogP contribution in [0.2, 0.25) is 0 Å². The van der Waals surface area contributed by atoms with Crippen molar-refractivity contribution in [2.45, 2.75) is 18.9 Å². The van der Waals surface area contributed by atoms with E-state index >= 15 is 0 Å².